The van der Waals surface area contributed by atoms with E-state index in [1.807, 2.05) is 68.0 Å². The van der Waals surface area contributed by atoms with Gasteiger partial charge in [-0.15, -0.1) is 0 Å². The van der Waals surface area contributed by atoms with Gasteiger partial charge in [0.15, 0.2) is 0 Å². The van der Waals surface area contributed by atoms with Crippen molar-refractivity contribution in [2.24, 2.45) is 0 Å². The Morgan fingerprint density at radius 1 is 1.07 bits per heavy atom. The molecule has 0 bridgehead atoms. The highest BCUT2D eigenvalue weighted by molar-refractivity contribution is 5.36. The first-order chi connectivity index (χ1) is 13.4. The van der Waals surface area contributed by atoms with E-state index in [1.165, 1.54) is 5.56 Å². The molecular weight excluding hydrogens is 350 g/mol. The van der Waals surface area contributed by atoms with Gasteiger partial charge in [0, 0.05) is 24.3 Å². The fourth-order valence-electron chi connectivity index (χ4n) is 3.37. The first-order valence-corrected chi connectivity index (χ1v) is 9.60. The number of aromatic nitrogens is 2. The number of nitrogens with zero attached hydrogens (tertiary/aromatic N) is 3. The highest BCUT2D eigenvalue weighted by Gasteiger charge is 2.16. The number of rotatable bonds is 8. The molecule has 1 aromatic heterocycles. The fraction of sp³-hybridized carbons (Fsp3) is 0.348. The summed E-state index contributed by atoms with van der Waals surface area (Å²) < 4.78 is 7.70. The summed E-state index contributed by atoms with van der Waals surface area (Å²) in [6, 6.07) is 18.0. The normalized spacial score (nSPS) is 12.4. The van der Waals surface area contributed by atoms with Gasteiger partial charge in [-0.25, -0.2) is 4.68 Å². The minimum Gasteiger partial charge on any atom is -0.491 e. The number of hydrogen-bond donors (Lipinski definition) is 1. The molecule has 148 valence electrons. The van der Waals surface area contributed by atoms with Crippen LogP contribution in [0, 0.1) is 20.8 Å². The summed E-state index contributed by atoms with van der Waals surface area (Å²) in [5, 5.41) is 15.1. The Morgan fingerprint density at radius 2 is 1.82 bits per heavy atom. The molecule has 1 atom stereocenters. The molecule has 0 aliphatic heterocycles. The van der Waals surface area contributed by atoms with Crippen LogP contribution in [0.4, 0.5) is 0 Å². The highest BCUT2D eigenvalue weighted by atomic mass is 16.5. The molecule has 5 heteroatoms. The summed E-state index contributed by atoms with van der Waals surface area (Å²) in [5.74, 6) is 0.789. The van der Waals surface area contributed by atoms with Crippen LogP contribution in [0.5, 0.6) is 5.75 Å². The molecule has 2 aromatic carbocycles. The largest absolute Gasteiger partial charge is 0.491 e. The summed E-state index contributed by atoms with van der Waals surface area (Å²) in [4.78, 5) is 2.11. The van der Waals surface area contributed by atoms with Crippen LogP contribution >= 0.6 is 0 Å². The smallest absolute Gasteiger partial charge is 0.119 e. The molecule has 0 radical (unpaired) electrons. The summed E-state index contributed by atoms with van der Waals surface area (Å²) in [6.45, 7) is 7.68. The molecule has 5 nitrogen and oxygen atoms in total. The van der Waals surface area contributed by atoms with Gasteiger partial charge in [-0.2, -0.15) is 5.10 Å². The van der Waals surface area contributed by atoms with Gasteiger partial charge in [-0.05, 0) is 57.6 Å². The van der Waals surface area contributed by atoms with Crippen molar-refractivity contribution in [2.45, 2.75) is 33.4 Å². The van der Waals surface area contributed by atoms with Gasteiger partial charge in [-0.1, -0.05) is 30.3 Å². The SMILES string of the molecule is Cc1cccc(OCC(O)CN(C)Cc2c(C)nn(-c3ccccc3)c2C)c1. The number of hydrogen-bond acceptors (Lipinski definition) is 4. The third kappa shape index (κ3) is 5.00. The van der Waals surface area contributed by atoms with Crippen LogP contribution < -0.4 is 4.74 Å². The molecule has 1 unspecified atom stereocenters. The van der Waals surface area contributed by atoms with E-state index in [1.54, 1.807) is 0 Å². The predicted octanol–water partition coefficient (Wildman–Crippen LogP) is 3.67. The van der Waals surface area contributed by atoms with Gasteiger partial charge in [0.25, 0.3) is 0 Å². The van der Waals surface area contributed by atoms with E-state index in [-0.39, 0.29) is 6.61 Å². The number of likely N-dealkylation sites (N-methyl/N-ethyl adjacent to an activating group) is 1. The third-order valence-corrected chi connectivity index (χ3v) is 4.82. The van der Waals surface area contributed by atoms with Gasteiger partial charge in [0.1, 0.15) is 18.5 Å². The summed E-state index contributed by atoms with van der Waals surface area (Å²) in [5.41, 5.74) is 5.53. The maximum atomic E-state index is 10.4. The molecule has 0 spiro atoms. The summed E-state index contributed by atoms with van der Waals surface area (Å²) in [6.07, 6.45) is -0.560. The van der Waals surface area contributed by atoms with Gasteiger partial charge in [0.05, 0.1) is 11.4 Å². The molecule has 0 saturated heterocycles. The minimum absolute atomic E-state index is 0.273. The summed E-state index contributed by atoms with van der Waals surface area (Å²) in [7, 11) is 2.01. The topological polar surface area (TPSA) is 50.5 Å². The van der Waals surface area contributed by atoms with E-state index < -0.39 is 6.10 Å². The molecule has 0 aliphatic rings. The van der Waals surface area contributed by atoms with Crippen LogP contribution in [0.25, 0.3) is 5.69 Å². The average molecular weight is 380 g/mol. The number of ether oxygens (including phenoxy) is 1. The molecular formula is C23H29N3O2. The van der Waals surface area contributed by atoms with Crippen LogP contribution in [-0.2, 0) is 6.54 Å². The van der Waals surface area contributed by atoms with Crippen molar-refractivity contribution in [1.29, 1.82) is 0 Å². The highest BCUT2D eigenvalue weighted by Crippen LogP contribution is 2.19. The van der Waals surface area contributed by atoms with E-state index in [9.17, 15) is 5.11 Å². The fourth-order valence-corrected chi connectivity index (χ4v) is 3.37. The lowest BCUT2D eigenvalue weighted by Crippen LogP contribution is -2.33. The molecule has 3 aromatic rings. The van der Waals surface area contributed by atoms with E-state index in [0.29, 0.717) is 6.54 Å². The zero-order valence-corrected chi connectivity index (χ0v) is 17.1. The molecule has 0 fully saturated rings. The Morgan fingerprint density at radius 3 is 2.54 bits per heavy atom. The van der Waals surface area contributed by atoms with Crippen LogP contribution in [0.3, 0.4) is 0 Å². The lowest BCUT2D eigenvalue weighted by Gasteiger charge is -2.21. The molecule has 0 amide bonds. The first kappa shape index (κ1) is 20.1. The molecule has 0 aliphatic carbocycles. The monoisotopic (exact) mass is 379 g/mol. The van der Waals surface area contributed by atoms with Crippen molar-refractivity contribution in [1.82, 2.24) is 14.7 Å². The van der Waals surface area contributed by atoms with Crippen LogP contribution in [0.15, 0.2) is 54.6 Å². The van der Waals surface area contributed by atoms with E-state index in [2.05, 4.69) is 24.0 Å². The zero-order valence-electron chi connectivity index (χ0n) is 17.1. The average Bonchev–Trinajstić information content (AvgIpc) is 2.95. The number of aryl methyl sites for hydroxylation is 2. The summed E-state index contributed by atoms with van der Waals surface area (Å²) >= 11 is 0. The van der Waals surface area contributed by atoms with Crippen molar-refractivity contribution >= 4 is 0 Å². The Hall–Kier alpha value is -2.63. The van der Waals surface area contributed by atoms with Gasteiger partial charge in [-0.3, -0.25) is 4.90 Å². The number of para-hydroxylation sites is 1. The van der Waals surface area contributed by atoms with Crippen molar-refractivity contribution in [3.63, 3.8) is 0 Å². The van der Waals surface area contributed by atoms with E-state index >= 15 is 0 Å². The lowest BCUT2D eigenvalue weighted by atomic mass is 10.2. The van der Waals surface area contributed by atoms with E-state index in [0.717, 1.165) is 34.9 Å². The minimum atomic E-state index is -0.560. The molecule has 1 N–H and O–H groups in total. The maximum Gasteiger partial charge on any atom is 0.119 e. The molecule has 3 rings (SSSR count). The maximum absolute atomic E-state index is 10.4. The Kier molecular flexibility index (Phi) is 6.49. The Labute approximate surface area is 167 Å². The van der Waals surface area contributed by atoms with Crippen molar-refractivity contribution in [3.05, 3.63) is 77.1 Å². The van der Waals surface area contributed by atoms with Crippen molar-refractivity contribution in [2.75, 3.05) is 20.2 Å². The second-order valence-electron chi connectivity index (χ2n) is 7.37. The van der Waals surface area contributed by atoms with E-state index in [4.69, 9.17) is 9.84 Å². The lowest BCUT2D eigenvalue weighted by molar-refractivity contribution is 0.0742. The molecule has 0 saturated carbocycles. The van der Waals surface area contributed by atoms with Gasteiger partial charge in [0.2, 0.25) is 0 Å². The number of aliphatic hydroxyl groups is 1. The van der Waals surface area contributed by atoms with Crippen molar-refractivity contribution in [3.8, 4) is 11.4 Å². The van der Waals surface area contributed by atoms with Gasteiger partial charge >= 0.3 is 0 Å². The second kappa shape index (κ2) is 9.04. The standard InChI is InChI=1S/C23H29N3O2/c1-17-9-8-12-22(13-17)28-16-21(27)14-25(4)15-23-18(2)24-26(19(23)3)20-10-6-5-7-11-20/h5-13,21,27H,14-16H2,1-4H3. The van der Waals surface area contributed by atoms with Crippen LogP contribution in [0.2, 0.25) is 0 Å². The quantitative estimate of drug-likeness (QED) is 0.649. The Bertz CT molecular complexity index is 905. The number of benzene rings is 2. The van der Waals surface area contributed by atoms with Crippen molar-refractivity contribution < 1.29 is 9.84 Å². The first-order valence-electron chi connectivity index (χ1n) is 9.60. The molecule has 28 heavy (non-hydrogen) atoms. The van der Waals surface area contributed by atoms with Gasteiger partial charge < -0.3 is 9.84 Å². The third-order valence-electron chi connectivity index (χ3n) is 4.82. The zero-order chi connectivity index (χ0) is 20.1. The van der Waals surface area contributed by atoms with Crippen LogP contribution in [0.1, 0.15) is 22.5 Å². The second-order valence-corrected chi connectivity index (χ2v) is 7.37. The molecule has 1 heterocycles. The Balaban J connectivity index is 1.58. The van der Waals surface area contributed by atoms with Crippen LogP contribution in [-0.4, -0.2) is 46.1 Å². The number of aliphatic hydroxyl groups excluding tert-OH is 1. The predicted molar refractivity (Wildman–Crippen MR) is 112 cm³/mol.